The minimum atomic E-state index is -0.691. The van der Waals surface area contributed by atoms with Gasteiger partial charge in [0, 0.05) is 11.9 Å². The summed E-state index contributed by atoms with van der Waals surface area (Å²) in [5.74, 6) is 0. The molecule has 1 atom stereocenters. The summed E-state index contributed by atoms with van der Waals surface area (Å²) in [4.78, 5) is 17.5. The zero-order valence-electron chi connectivity index (χ0n) is 8.90. The molecule has 3 N–H and O–H groups in total. The number of aryl methyl sites for hydroxylation is 1. The van der Waals surface area contributed by atoms with Gasteiger partial charge in [0.05, 0.1) is 6.33 Å². The van der Waals surface area contributed by atoms with Crippen LogP contribution in [-0.2, 0) is 11.2 Å². The monoisotopic (exact) mass is 211 g/mol. The Morgan fingerprint density at radius 2 is 2.53 bits per heavy atom. The Labute approximate surface area is 89.0 Å². The van der Waals surface area contributed by atoms with Crippen LogP contribution in [0.1, 0.15) is 31.9 Å². The number of nitrogens with two attached hydrogens (primary N) is 1. The molecule has 5 nitrogen and oxygen atoms in total. The summed E-state index contributed by atoms with van der Waals surface area (Å²) in [6.07, 6.45) is 6.20. The van der Waals surface area contributed by atoms with Crippen LogP contribution in [0.3, 0.4) is 0 Å². The number of imidazole rings is 1. The molecule has 0 saturated heterocycles. The fraction of sp³-hybridized carbons (Fsp3) is 0.600. The van der Waals surface area contributed by atoms with Gasteiger partial charge in [0.15, 0.2) is 0 Å². The summed E-state index contributed by atoms with van der Waals surface area (Å²) in [7, 11) is 0. The van der Waals surface area contributed by atoms with E-state index < -0.39 is 6.09 Å². The predicted octanol–water partition coefficient (Wildman–Crippen LogP) is 1.61. The fourth-order valence-electron chi connectivity index (χ4n) is 1.45. The van der Waals surface area contributed by atoms with E-state index in [9.17, 15) is 4.79 Å². The zero-order chi connectivity index (χ0) is 11.1. The van der Waals surface area contributed by atoms with E-state index in [-0.39, 0.29) is 6.10 Å². The van der Waals surface area contributed by atoms with Crippen LogP contribution in [0.15, 0.2) is 12.5 Å². The molecule has 84 valence electrons. The summed E-state index contributed by atoms with van der Waals surface area (Å²) >= 11 is 0. The van der Waals surface area contributed by atoms with E-state index in [1.54, 1.807) is 12.5 Å². The highest BCUT2D eigenvalue weighted by Crippen LogP contribution is 2.09. The molecule has 1 amide bonds. The van der Waals surface area contributed by atoms with Gasteiger partial charge in [0.1, 0.15) is 6.10 Å². The van der Waals surface area contributed by atoms with Crippen molar-refractivity contribution < 1.29 is 9.53 Å². The highest BCUT2D eigenvalue weighted by atomic mass is 16.6. The van der Waals surface area contributed by atoms with Crippen molar-refractivity contribution in [3.8, 4) is 0 Å². The lowest BCUT2D eigenvalue weighted by molar-refractivity contribution is 0.0974. The number of nitrogens with zero attached hydrogens (tertiary/aromatic N) is 1. The lowest BCUT2D eigenvalue weighted by Crippen LogP contribution is -2.22. The van der Waals surface area contributed by atoms with Gasteiger partial charge in [-0.2, -0.15) is 0 Å². The Balaban J connectivity index is 2.20. The van der Waals surface area contributed by atoms with Crippen LogP contribution in [0.4, 0.5) is 4.79 Å². The Kier molecular flexibility index (Phi) is 4.66. The molecule has 1 unspecified atom stereocenters. The molecule has 0 radical (unpaired) electrons. The van der Waals surface area contributed by atoms with Gasteiger partial charge in [-0.3, -0.25) is 0 Å². The van der Waals surface area contributed by atoms with Crippen molar-refractivity contribution in [3.63, 3.8) is 0 Å². The first-order chi connectivity index (χ1) is 7.22. The largest absolute Gasteiger partial charge is 0.446 e. The van der Waals surface area contributed by atoms with E-state index in [1.807, 2.05) is 6.92 Å². The van der Waals surface area contributed by atoms with E-state index in [2.05, 4.69) is 9.97 Å². The van der Waals surface area contributed by atoms with E-state index in [4.69, 9.17) is 10.5 Å². The molecule has 1 aromatic heterocycles. The molecule has 0 saturated carbocycles. The fourth-order valence-corrected chi connectivity index (χ4v) is 1.45. The van der Waals surface area contributed by atoms with Gasteiger partial charge >= 0.3 is 6.09 Å². The lowest BCUT2D eigenvalue weighted by atomic mass is 10.1. The van der Waals surface area contributed by atoms with Crippen molar-refractivity contribution in [2.75, 3.05) is 0 Å². The third kappa shape index (κ3) is 4.49. The van der Waals surface area contributed by atoms with Gasteiger partial charge in [-0.05, 0) is 25.7 Å². The third-order valence-electron chi connectivity index (χ3n) is 2.27. The Morgan fingerprint density at radius 1 is 1.73 bits per heavy atom. The second-order valence-electron chi connectivity index (χ2n) is 3.44. The van der Waals surface area contributed by atoms with Crippen molar-refractivity contribution in [1.29, 1.82) is 0 Å². The quantitative estimate of drug-likeness (QED) is 0.750. The summed E-state index contributed by atoms with van der Waals surface area (Å²) in [6.45, 7) is 1.98. The second-order valence-corrected chi connectivity index (χ2v) is 3.44. The van der Waals surface area contributed by atoms with E-state index in [0.717, 1.165) is 31.4 Å². The Hall–Kier alpha value is -1.52. The summed E-state index contributed by atoms with van der Waals surface area (Å²) in [5.41, 5.74) is 6.06. The average Bonchev–Trinajstić information content (AvgIpc) is 2.68. The molecule has 0 aliphatic carbocycles. The molecule has 0 aliphatic heterocycles. The maximum absolute atomic E-state index is 10.5. The number of ether oxygens (including phenoxy) is 1. The van der Waals surface area contributed by atoms with E-state index in [1.165, 1.54) is 0 Å². The van der Waals surface area contributed by atoms with Crippen LogP contribution in [0, 0.1) is 0 Å². The lowest BCUT2D eigenvalue weighted by Gasteiger charge is -2.13. The number of carbonyl (C=O) groups is 1. The van der Waals surface area contributed by atoms with Crippen molar-refractivity contribution in [2.24, 2.45) is 5.73 Å². The summed E-state index contributed by atoms with van der Waals surface area (Å²) in [5, 5.41) is 0. The number of aromatic nitrogens is 2. The minimum Gasteiger partial charge on any atom is -0.446 e. The smallest absolute Gasteiger partial charge is 0.404 e. The van der Waals surface area contributed by atoms with Crippen LogP contribution in [0.25, 0.3) is 0 Å². The van der Waals surface area contributed by atoms with Gasteiger partial charge in [0.2, 0.25) is 0 Å². The first kappa shape index (κ1) is 11.6. The number of hydrogen-bond acceptors (Lipinski definition) is 3. The molecule has 1 aromatic rings. The highest BCUT2D eigenvalue weighted by molar-refractivity contribution is 5.64. The number of primary amides is 1. The topological polar surface area (TPSA) is 81.0 Å². The SMILES string of the molecule is CCC(CCCc1cnc[nH]1)OC(N)=O. The molecule has 1 rings (SSSR count). The van der Waals surface area contributed by atoms with Crippen LogP contribution in [0.5, 0.6) is 0 Å². The van der Waals surface area contributed by atoms with Crippen LogP contribution < -0.4 is 5.73 Å². The van der Waals surface area contributed by atoms with E-state index in [0.29, 0.717) is 0 Å². The molecule has 1 heterocycles. The zero-order valence-corrected chi connectivity index (χ0v) is 8.90. The first-order valence-electron chi connectivity index (χ1n) is 5.15. The maximum atomic E-state index is 10.5. The Bertz CT molecular complexity index is 285. The average molecular weight is 211 g/mol. The molecule has 0 aromatic carbocycles. The number of nitrogens with one attached hydrogen (secondary N) is 1. The van der Waals surface area contributed by atoms with Crippen LogP contribution in [-0.4, -0.2) is 22.2 Å². The highest BCUT2D eigenvalue weighted by Gasteiger charge is 2.09. The molecule has 15 heavy (non-hydrogen) atoms. The predicted molar refractivity (Wildman–Crippen MR) is 56.3 cm³/mol. The normalized spacial score (nSPS) is 12.3. The standard InChI is InChI=1S/C10H17N3O2/c1-2-9(15-10(11)14)5-3-4-8-6-12-7-13-8/h6-7,9H,2-5H2,1H3,(H2,11,14)(H,12,13). The van der Waals surface area contributed by atoms with Crippen LogP contribution in [0.2, 0.25) is 0 Å². The molecular weight excluding hydrogens is 194 g/mol. The van der Waals surface area contributed by atoms with E-state index >= 15 is 0 Å². The maximum Gasteiger partial charge on any atom is 0.404 e. The van der Waals surface area contributed by atoms with Gasteiger partial charge in [-0.25, -0.2) is 9.78 Å². The molecule has 0 spiro atoms. The summed E-state index contributed by atoms with van der Waals surface area (Å²) < 4.78 is 4.93. The molecular formula is C10H17N3O2. The van der Waals surface area contributed by atoms with Crippen molar-refractivity contribution >= 4 is 6.09 Å². The summed E-state index contributed by atoms with van der Waals surface area (Å²) in [6, 6.07) is 0. The van der Waals surface area contributed by atoms with Gasteiger partial charge < -0.3 is 15.5 Å². The van der Waals surface area contributed by atoms with Gasteiger partial charge in [0.25, 0.3) is 0 Å². The second kappa shape index (κ2) is 6.06. The van der Waals surface area contributed by atoms with Crippen molar-refractivity contribution in [1.82, 2.24) is 9.97 Å². The first-order valence-corrected chi connectivity index (χ1v) is 5.15. The minimum absolute atomic E-state index is 0.0644. The molecule has 0 bridgehead atoms. The number of hydrogen-bond donors (Lipinski definition) is 2. The molecule has 5 heteroatoms. The number of amides is 1. The number of H-pyrrole nitrogens is 1. The Morgan fingerprint density at radius 3 is 3.07 bits per heavy atom. The van der Waals surface area contributed by atoms with Crippen molar-refractivity contribution in [2.45, 2.75) is 38.7 Å². The number of aromatic amines is 1. The third-order valence-corrected chi connectivity index (χ3v) is 2.27. The number of carbonyl (C=O) groups excluding carboxylic acids is 1. The van der Waals surface area contributed by atoms with Gasteiger partial charge in [-0.15, -0.1) is 0 Å². The van der Waals surface area contributed by atoms with Crippen LogP contribution >= 0.6 is 0 Å². The van der Waals surface area contributed by atoms with Crippen molar-refractivity contribution in [3.05, 3.63) is 18.2 Å². The molecule has 0 aliphatic rings. The van der Waals surface area contributed by atoms with Gasteiger partial charge in [-0.1, -0.05) is 6.92 Å². The number of rotatable bonds is 6. The molecule has 0 fully saturated rings.